The molecule has 1 saturated heterocycles. The van der Waals surface area contributed by atoms with E-state index >= 15 is 0 Å². The summed E-state index contributed by atoms with van der Waals surface area (Å²) in [6.45, 7) is 4.46. The van der Waals surface area contributed by atoms with Gasteiger partial charge >= 0.3 is 5.97 Å². The Morgan fingerprint density at radius 1 is 1.24 bits per heavy atom. The Kier molecular flexibility index (Phi) is 4.84. The monoisotopic (exact) mass is 239 g/mol. The third-order valence-corrected chi connectivity index (χ3v) is 4.27. The van der Waals surface area contributed by atoms with Gasteiger partial charge in [0.15, 0.2) is 0 Å². The molecule has 0 bridgehead atoms. The van der Waals surface area contributed by atoms with Gasteiger partial charge in [-0.25, -0.2) is 0 Å². The van der Waals surface area contributed by atoms with Gasteiger partial charge in [-0.15, -0.1) is 0 Å². The fourth-order valence-electron chi connectivity index (χ4n) is 3.47. The minimum atomic E-state index is -0.0374. The Hall–Kier alpha value is -0.570. The first-order chi connectivity index (χ1) is 8.31. The smallest absolute Gasteiger partial charge is 0.307 e. The van der Waals surface area contributed by atoms with Crippen molar-refractivity contribution in [3.63, 3.8) is 0 Å². The Morgan fingerprint density at radius 2 is 2.00 bits per heavy atom. The molecule has 98 valence electrons. The summed E-state index contributed by atoms with van der Waals surface area (Å²) >= 11 is 0. The van der Waals surface area contributed by atoms with Crippen molar-refractivity contribution < 1.29 is 9.53 Å². The molecule has 0 N–H and O–H groups in total. The molecular weight excluding hydrogens is 214 g/mol. The molecule has 1 heterocycles. The number of ether oxygens (including phenoxy) is 1. The van der Waals surface area contributed by atoms with E-state index in [4.69, 9.17) is 4.74 Å². The van der Waals surface area contributed by atoms with Crippen LogP contribution in [0.4, 0.5) is 0 Å². The predicted molar refractivity (Wildman–Crippen MR) is 67.8 cm³/mol. The maximum Gasteiger partial charge on any atom is 0.307 e. The van der Waals surface area contributed by atoms with E-state index in [1.165, 1.54) is 45.1 Å². The molecule has 2 rings (SSSR count). The molecular formula is C14H25NO2. The number of carbonyl (C=O) groups excluding carboxylic acids is 1. The second kappa shape index (κ2) is 6.39. The Balaban J connectivity index is 1.76. The van der Waals surface area contributed by atoms with E-state index < -0.39 is 0 Å². The largest absolute Gasteiger partial charge is 0.466 e. The summed E-state index contributed by atoms with van der Waals surface area (Å²) in [6, 6.07) is 0.756. The highest BCUT2D eigenvalue weighted by molar-refractivity contribution is 5.69. The fraction of sp³-hybridized carbons (Fsp3) is 0.929. The molecule has 3 nitrogen and oxygen atoms in total. The molecule has 1 aliphatic carbocycles. The Labute approximate surface area is 105 Å². The van der Waals surface area contributed by atoms with E-state index in [0.717, 1.165) is 18.5 Å². The number of nitrogens with zero attached hydrogens (tertiary/aromatic N) is 1. The predicted octanol–water partition coefficient (Wildman–Crippen LogP) is 2.59. The minimum absolute atomic E-state index is 0.0374. The Bertz CT molecular complexity index is 249. The van der Waals surface area contributed by atoms with Gasteiger partial charge in [-0.3, -0.25) is 9.69 Å². The molecule has 0 aromatic rings. The summed E-state index contributed by atoms with van der Waals surface area (Å²) in [6.07, 6.45) is 8.84. The van der Waals surface area contributed by atoms with E-state index in [0.29, 0.717) is 13.0 Å². The van der Waals surface area contributed by atoms with E-state index in [9.17, 15) is 4.79 Å². The first kappa shape index (κ1) is 12.9. The van der Waals surface area contributed by atoms with Crippen LogP contribution < -0.4 is 0 Å². The van der Waals surface area contributed by atoms with Crippen LogP contribution in [0.2, 0.25) is 0 Å². The number of likely N-dealkylation sites (tertiary alicyclic amines) is 1. The third kappa shape index (κ3) is 3.44. The number of carbonyl (C=O) groups is 1. The lowest BCUT2D eigenvalue weighted by molar-refractivity contribution is -0.143. The highest BCUT2D eigenvalue weighted by Crippen LogP contribution is 2.35. The zero-order valence-electron chi connectivity index (χ0n) is 11.0. The van der Waals surface area contributed by atoms with Crippen LogP contribution in [-0.4, -0.2) is 36.6 Å². The molecule has 1 saturated carbocycles. The molecule has 0 radical (unpaired) electrons. The van der Waals surface area contributed by atoms with Gasteiger partial charge in [-0.1, -0.05) is 12.8 Å². The average molecular weight is 239 g/mol. The van der Waals surface area contributed by atoms with Crippen LogP contribution in [0.15, 0.2) is 0 Å². The van der Waals surface area contributed by atoms with Gasteiger partial charge in [0, 0.05) is 12.6 Å². The van der Waals surface area contributed by atoms with Gasteiger partial charge in [0.25, 0.3) is 0 Å². The van der Waals surface area contributed by atoms with Crippen LogP contribution in [0.1, 0.15) is 51.9 Å². The quantitative estimate of drug-likeness (QED) is 0.691. The summed E-state index contributed by atoms with van der Waals surface area (Å²) in [5.41, 5.74) is 0. The van der Waals surface area contributed by atoms with Crippen LogP contribution in [0.5, 0.6) is 0 Å². The van der Waals surface area contributed by atoms with Crippen LogP contribution in [-0.2, 0) is 9.53 Å². The van der Waals surface area contributed by atoms with Gasteiger partial charge in [0.05, 0.1) is 13.0 Å². The van der Waals surface area contributed by atoms with Crippen molar-refractivity contribution in [1.29, 1.82) is 0 Å². The molecule has 1 unspecified atom stereocenters. The number of hydrogen-bond donors (Lipinski definition) is 0. The van der Waals surface area contributed by atoms with Gasteiger partial charge in [-0.05, 0) is 45.1 Å². The second-order valence-electron chi connectivity index (χ2n) is 5.35. The first-order valence-electron chi connectivity index (χ1n) is 7.21. The van der Waals surface area contributed by atoms with Crippen LogP contribution in [0, 0.1) is 5.92 Å². The van der Waals surface area contributed by atoms with Crippen molar-refractivity contribution in [3.05, 3.63) is 0 Å². The molecule has 0 aromatic heterocycles. The molecule has 0 aromatic carbocycles. The highest BCUT2D eigenvalue weighted by Gasteiger charge is 2.33. The van der Waals surface area contributed by atoms with E-state index in [1.807, 2.05) is 6.92 Å². The maximum absolute atomic E-state index is 11.4. The van der Waals surface area contributed by atoms with Crippen LogP contribution in [0.3, 0.4) is 0 Å². The summed E-state index contributed by atoms with van der Waals surface area (Å²) in [4.78, 5) is 13.9. The first-order valence-corrected chi connectivity index (χ1v) is 7.21. The molecule has 17 heavy (non-hydrogen) atoms. The van der Waals surface area contributed by atoms with E-state index in [-0.39, 0.29) is 5.97 Å². The summed E-state index contributed by atoms with van der Waals surface area (Å²) in [7, 11) is 0. The lowest BCUT2D eigenvalue weighted by atomic mass is 9.96. The van der Waals surface area contributed by atoms with Crippen molar-refractivity contribution in [1.82, 2.24) is 4.90 Å². The fourth-order valence-corrected chi connectivity index (χ4v) is 3.47. The average Bonchev–Trinajstić information content (AvgIpc) is 2.97. The lowest BCUT2D eigenvalue weighted by Gasteiger charge is -2.29. The number of esters is 1. The zero-order valence-corrected chi connectivity index (χ0v) is 11.0. The highest BCUT2D eigenvalue weighted by atomic mass is 16.5. The molecule has 1 aliphatic heterocycles. The van der Waals surface area contributed by atoms with Crippen molar-refractivity contribution in [2.75, 3.05) is 19.7 Å². The van der Waals surface area contributed by atoms with Crippen LogP contribution in [0.25, 0.3) is 0 Å². The van der Waals surface area contributed by atoms with Crippen molar-refractivity contribution >= 4 is 5.97 Å². The maximum atomic E-state index is 11.4. The van der Waals surface area contributed by atoms with Crippen molar-refractivity contribution in [3.8, 4) is 0 Å². The lowest BCUT2D eigenvalue weighted by Crippen LogP contribution is -2.36. The molecule has 1 atom stereocenters. The minimum Gasteiger partial charge on any atom is -0.466 e. The number of rotatable bonds is 5. The summed E-state index contributed by atoms with van der Waals surface area (Å²) < 4.78 is 5.00. The molecule has 2 fully saturated rings. The Morgan fingerprint density at radius 3 is 2.71 bits per heavy atom. The standard InChI is InChI=1S/C14H25NO2/c1-2-17-14(16)9-11-15-10-5-8-13(15)12-6-3-4-7-12/h12-13H,2-11H2,1H3. The summed E-state index contributed by atoms with van der Waals surface area (Å²) in [5.74, 6) is 0.865. The molecule has 3 heteroatoms. The van der Waals surface area contributed by atoms with E-state index in [2.05, 4.69) is 4.90 Å². The van der Waals surface area contributed by atoms with E-state index in [1.54, 1.807) is 0 Å². The van der Waals surface area contributed by atoms with Gasteiger partial charge in [0.1, 0.15) is 0 Å². The topological polar surface area (TPSA) is 29.5 Å². The molecule has 2 aliphatic rings. The molecule has 0 amide bonds. The van der Waals surface area contributed by atoms with Gasteiger partial charge in [0.2, 0.25) is 0 Å². The van der Waals surface area contributed by atoms with Crippen molar-refractivity contribution in [2.24, 2.45) is 5.92 Å². The number of hydrogen-bond acceptors (Lipinski definition) is 3. The van der Waals surface area contributed by atoms with Crippen molar-refractivity contribution in [2.45, 2.75) is 57.9 Å². The second-order valence-corrected chi connectivity index (χ2v) is 5.35. The van der Waals surface area contributed by atoms with Crippen LogP contribution >= 0.6 is 0 Å². The van der Waals surface area contributed by atoms with Gasteiger partial charge in [-0.2, -0.15) is 0 Å². The molecule has 0 spiro atoms. The SMILES string of the molecule is CCOC(=O)CCN1CCCC1C1CCCC1. The van der Waals surface area contributed by atoms with Gasteiger partial charge < -0.3 is 4.74 Å². The zero-order chi connectivity index (χ0) is 12.1. The normalized spacial score (nSPS) is 26.5. The third-order valence-electron chi connectivity index (χ3n) is 4.27. The summed E-state index contributed by atoms with van der Waals surface area (Å²) in [5, 5.41) is 0.